The largest absolute Gasteiger partial charge is 0.389 e. The normalized spacial score (nSPS) is 14.7. The summed E-state index contributed by atoms with van der Waals surface area (Å²) in [5.74, 6) is 0. The summed E-state index contributed by atoms with van der Waals surface area (Å²) in [6, 6.07) is 4.46. The molecule has 0 aliphatic carbocycles. The van der Waals surface area contributed by atoms with Gasteiger partial charge in [0.25, 0.3) is 0 Å². The predicted molar refractivity (Wildman–Crippen MR) is 73.3 cm³/mol. The van der Waals surface area contributed by atoms with Crippen molar-refractivity contribution in [3.05, 3.63) is 34.4 Å². The molecule has 1 unspecified atom stereocenters. The van der Waals surface area contributed by atoms with E-state index in [1.165, 1.54) is 22.3 Å². The van der Waals surface area contributed by atoms with Crippen LogP contribution in [0.15, 0.2) is 12.1 Å². The number of hydrogen-bond acceptors (Lipinski definition) is 2. The molecule has 1 atom stereocenters. The van der Waals surface area contributed by atoms with Crippen LogP contribution in [0.4, 0.5) is 0 Å². The summed E-state index contributed by atoms with van der Waals surface area (Å²) < 4.78 is 0. The Morgan fingerprint density at radius 1 is 1.12 bits per heavy atom. The Balaban J connectivity index is 2.61. The topological polar surface area (TPSA) is 32.3 Å². The van der Waals surface area contributed by atoms with E-state index in [0.29, 0.717) is 6.54 Å². The van der Waals surface area contributed by atoms with Crippen LogP contribution >= 0.6 is 0 Å². The molecular formula is C15H25NO. The molecule has 17 heavy (non-hydrogen) atoms. The summed E-state index contributed by atoms with van der Waals surface area (Å²) in [5.41, 5.74) is 4.70. The first-order chi connectivity index (χ1) is 7.85. The minimum atomic E-state index is -0.604. The molecule has 0 radical (unpaired) electrons. The second-order valence-electron chi connectivity index (χ2n) is 5.32. The van der Waals surface area contributed by atoms with E-state index in [2.05, 4.69) is 38.2 Å². The fourth-order valence-corrected chi connectivity index (χ4v) is 1.80. The van der Waals surface area contributed by atoms with Gasteiger partial charge in [0.2, 0.25) is 0 Å². The third-order valence-electron chi connectivity index (χ3n) is 3.54. The van der Waals surface area contributed by atoms with Crippen LogP contribution in [0, 0.1) is 20.8 Å². The number of rotatable bonds is 5. The molecule has 0 aliphatic heterocycles. The average Bonchev–Trinajstić information content (AvgIpc) is 2.25. The van der Waals surface area contributed by atoms with Crippen LogP contribution < -0.4 is 5.32 Å². The summed E-state index contributed by atoms with van der Waals surface area (Å²) in [7, 11) is 0. The van der Waals surface area contributed by atoms with Gasteiger partial charge in [0.05, 0.1) is 5.60 Å². The minimum Gasteiger partial charge on any atom is -0.389 e. The van der Waals surface area contributed by atoms with Gasteiger partial charge in [0.15, 0.2) is 0 Å². The quantitative estimate of drug-likeness (QED) is 0.822. The highest BCUT2D eigenvalue weighted by Gasteiger charge is 2.16. The van der Waals surface area contributed by atoms with E-state index in [9.17, 15) is 5.11 Å². The van der Waals surface area contributed by atoms with Gasteiger partial charge in [-0.05, 0) is 56.4 Å². The van der Waals surface area contributed by atoms with Crippen LogP contribution in [-0.4, -0.2) is 17.3 Å². The molecule has 0 aromatic heterocycles. The molecule has 1 aromatic carbocycles. The lowest BCUT2D eigenvalue weighted by atomic mass is 10.00. The van der Waals surface area contributed by atoms with E-state index < -0.39 is 5.60 Å². The zero-order valence-corrected chi connectivity index (χ0v) is 11.7. The molecule has 0 fully saturated rings. The Labute approximate surface area is 105 Å². The lowest BCUT2D eigenvalue weighted by Crippen LogP contribution is -2.36. The van der Waals surface area contributed by atoms with Gasteiger partial charge in [-0.25, -0.2) is 0 Å². The van der Waals surface area contributed by atoms with Crippen molar-refractivity contribution in [3.8, 4) is 0 Å². The molecule has 1 aromatic rings. The fourth-order valence-electron chi connectivity index (χ4n) is 1.80. The first kappa shape index (κ1) is 14.2. The molecule has 0 spiro atoms. The lowest BCUT2D eigenvalue weighted by Gasteiger charge is -2.22. The van der Waals surface area contributed by atoms with Crippen molar-refractivity contribution >= 4 is 0 Å². The monoisotopic (exact) mass is 235 g/mol. The summed E-state index contributed by atoms with van der Waals surface area (Å²) >= 11 is 0. The van der Waals surface area contributed by atoms with E-state index in [1.54, 1.807) is 0 Å². The molecule has 0 heterocycles. The second-order valence-corrected chi connectivity index (χ2v) is 5.32. The summed E-state index contributed by atoms with van der Waals surface area (Å²) in [6.45, 7) is 11.7. The highest BCUT2D eigenvalue weighted by molar-refractivity contribution is 5.36. The van der Waals surface area contributed by atoms with Crippen molar-refractivity contribution in [2.24, 2.45) is 0 Å². The molecule has 2 heteroatoms. The Kier molecular flexibility index (Phi) is 4.72. The third-order valence-corrected chi connectivity index (χ3v) is 3.54. The molecule has 0 amide bonds. The SMILES string of the molecule is CCC(C)(O)CNCc1cc(C)c(C)cc1C. The molecule has 2 nitrogen and oxygen atoms in total. The maximum absolute atomic E-state index is 9.91. The minimum absolute atomic E-state index is 0.604. The van der Waals surface area contributed by atoms with Gasteiger partial charge in [-0.1, -0.05) is 19.1 Å². The van der Waals surface area contributed by atoms with Crippen LogP contribution in [0.25, 0.3) is 0 Å². The van der Waals surface area contributed by atoms with Gasteiger partial charge < -0.3 is 10.4 Å². The number of aliphatic hydroxyl groups is 1. The zero-order valence-electron chi connectivity index (χ0n) is 11.7. The molecule has 0 saturated heterocycles. The first-order valence-electron chi connectivity index (χ1n) is 6.35. The van der Waals surface area contributed by atoms with Crippen molar-refractivity contribution < 1.29 is 5.11 Å². The van der Waals surface area contributed by atoms with Gasteiger partial charge in [0.1, 0.15) is 0 Å². The maximum Gasteiger partial charge on any atom is 0.0741 e. The molecule has 0 aliphatic rings. The van der Waals surface area contributed by atoms with Gasteiger partial charge in [-0.3, -0.25) is 0 Å². The smallest absolute Gasteiger partial charge is 0.0741 e. The Hall–Kier alpha value is -0.860. The number of hydrogen-bond donors (Lipinski definition) is 2. The van der Waals surface area contributed by atoms with Crippen LogP contribution in [0.5, 0.6) is 0 Å². The van der Waals surface area contributed by atoms with E-state index >= 15 is 0 Å². The molecular weight excluding hydrogens is 210 g/mol. The van der Waals surface area contributed by atoms with Crippen molar-refractivity contribution in [3.63, 3.8) is 0 Å². The highest BCUT2D eigenvalue weighted by atomic mass is 16.3. The van der Waals surface area contributed by atoms with Crippen LogP contribution in [0.2, 0.25) is 0 Å². The van der Waals surface area contributed by atoms with Crippen LogP contribution in [0.1, 0.15) is 42.5 Å². The molecule has 0 saturated carbocycles. The maximum atomic E-state index is 9.91. The first-order valence-corrected chi connectivity index (χ1v) is 6.35. The van der Waals surface area contributed by atoms with Crippen molar-refractivity contribution in [2.75, 3.05) is 6.54 Å². The van der Waals surface area contributed by atoms with Crippen LogP contribution in [-0.2, 0) is 6.54 Å². The van der Waals surface area contributed by atoms with E-state index in [-0.39, 0.29) is 0 Å². The number of benzene rings is 1. The molecule has 2 N–H and O–H groups in total. The number of aryl methyl sites for hydroxylation is 3. The third kappa shape index (κ3) is 4.14. The van der Waals surface area contributed by atoms with Gasteiger partial charge in [-0.2, -0.15) is 0 Å². The Morgan fingerprint density at radius 3 is 2.29 bits per heavy atom. The van der Waals surface area contributed by atoms with Crippen molar-refractivity contribution in [1.82, 2.24) is 5.32 Å². The predicted octanol–water partition coefficient (Wildman–Crippen LogP) is 2.86. The summed E-state index contributed by atoms with van der Waals surface area (Å²) in [4.78, 5) is 0. The van der Waals surface area contributed by atoms with Crippen molar-refractivity contribution in [1.29, 1.82) is 0 Å². The Bertz CT molecular complexity index is 383. The fraction of sp³-hybridized carbons (Fsp3) is 0.600. The lowest BCUT2D eigenvalue weighted by molar-refractivity contribution is 0.0555. The highest BCUT2D eigenvalue weighted by Crippen LogP contribution is 2.15. The molecule has 0 bridgehead atoms. The zero-order chi connectivity index (χ0) is 13.1. The van der Waals surface area contributed by atoms with E-state index in [0.717, 1.165) is 13.0 Å². The van der Waals surface area contributed by atoms with Gasteiger partial charge in [-0.15, -0.1) is 0 Å². The summed E-state index contributed by atoms with van der Waals surface area (Å²) in [6.07, 6.45) is 0.770. The molecule has 1 rings (SSSR count). The van der Waals surface area contributed by atoms with Gasteiger partial charge in [0, 0.05) is 13.1 Å². The van der Waals surface area contributed by atoms with Crippen molar-refractivity contribution in [2.45, 2.75) is 53.2 Å². The Morgan fingerprint density at radius 2 is 1.71 bits per heavy atom. The number of nitrogens with one attached hydrogen (secondary N) is 1. The standard InChI is InChI=1S/C15H25NO/c1-6-15(5,17)10-16-9-14-8-12(3)11(2)7-13(14)4/h7-8,16-17H,6,9-10H2,1-5H3. The second kappa shape index (κ2) is 5.65. The summed E-state index contributed by atoms with van der Waals surface area (Å²) in [5, 5.41) is 13.2. The van der Waals surface area contributed by atoms with Crippen LogP contribution in [0.3, 0.4) is 0 Å². The van der Waals surface area contributed by atoms with Gasteiger partial charge >= 0.3 is 0 Å². The van der Waals surface area contributed by atoms with E-state index in [4.69, 9.17) is 0 Å². The van der Waals surface area contributed by atoms with E-state index in [1.807, 2.05) is 13.8 Å². The average molecular weight is 235 g/mol. The molecule has 96 valence electrons.